The molecule has 1 heterocycles. The van der Waals surface area contributed by atoms with E-state index in [1.807, 2.05) is 13.8 Å². The second kappa shape index (κ2) is 4.14. The van der Waals surface area contributed by atoms with E-state index in [4.69, 9.17) is 0 Å². The maximum atomic E-state index is 13.0. The van der Waals surface area contributed by atoms with E-state index < -0.39 is 11.9 Å². The normalized spacial score (nSPS) is 12.3. The summed E-state index contributed by atoms with van der Waals surface area (Å²) in [4.78, 5) is 3.60. The summed E-state index contributed by atoms with van der Waals surface area (Å²) in [5, 5.41) is 9.53. The zero-order valence-electron chi connectivity index (χ0n) is 7.66. The molecule has 3 heteroatoms. The van der Waals surface area contributed by atoms with Gasteiger partial charge in [-0.25, -0.2) is 4.39 Å². The van der Waals surface area contributed by atoms with Gasteiger partial charge in [0, 0.05) is 11.8 Å². The van der Waals surface area contributed by atoms with E-state index in [-0.39, 0.29) is 5.56 Å². The SMILES string of the molecule is CC(C)=CC(O)c1ccncc1F. The summed E-state index contributed by atoms with van der Waals surface area (Å²) >= 11 is 0. The molecule has 1 N–H and O–H groups in total. The Hall–Kier alpha value is -1.22. The zero-order chi connectivity index (χ0) is 9.84. The lowest BCUT2D eigenvalue weighted by atomic mass is 10.1. The highest BCUT2D eigenvalue weighted by Crippen LogP contribution is 2.17. The van der Waals surface area contributed by atoms with Gasteiger partial charge in [-0.2, -0.15) is 0 Å². The summed E-state index contributed by atoms with van der Waals surface area (Å²) in [7, 11) is 0. The van der Waals surface area contributed by atoms with Crippen LogP contribution in [0, 0.1) is 5.82 Å². The van der Waals surface area contributed by atoms with Gasteiger partial charge in [0.1, 0.15) is 11.9 Å². The topological polar surface area (TPSA) is 33.1 Å². The molecule has 0 radical (unpaired) electrons. The number of hydrogen-bond acceptors (Lipinski definition) is 2. The molecular formula is C10H12FNO. The molecule has 1 aromatic heterocycles. The van der Waals surface area contributed by atoms with Crippen molar-refractivity contribution in [3.05, 3.63) is 41.5 Å². The van der Waals surface area contributed by atoms with Crippen molar-refractivity contribution in [2.45, 2.75) is 20.0 Å². The summed E-state index contributed by atoms with van der Waals surface area (Å²) in [6.07, 6.45) is 3.27. The molecule has 0 aliphatic rings. The minimum atomic E-state index is -0.881. The Balaban J connectivity index is 2.95. The molecule has 0 aliphatic carbocycles. The summed E-state index contributed by atoms with van der Waals surface area (Å²) in [5.74, 6) is -0.479. The third-order valence-electron chi connectivity index (χ3n) is 1.61. The highest BCUT2D eigenvalue weighted by molar-refractivity contribution is 5.20. The van der Waals surface area contributed by atoms with E-state index in [0.717, 1.165) is 11.8 Å². The molecular weight excluding hydrogens is 169 g/mol. The molecule has 13 heavy (non-hydrogen) atoms. The van der Waals surface area contributed by atoms with Crippen LogP contribution in [0.25, 0.3) is 0 Å². The monoisotopic (exact) mass is 181 g/mol. The zero-order valence-corrected chi connectivity index (χ0v) is 7.66. The highest BCUT2D eigenvalue weighted by Gasteiger charge is 2.08. The number of hydrogen-bond donors (Lipinski definition) is 1. The standard InChI is InChI=1S/C10H12FNO/c1-7(2)5-10(13)8-3-4-12-6-9(8)11/h3-6,10,13H,1-2H3. The Morgan fingerprint density at radius 1 is 1.62 bits per heavy atom. The van der Waals surface area contributed by atoms with Gasteiger partial charge in [-0.15, -0.1) is 0 Å². The van der Waals surface area contributed by atoms with Crippen molar-refractivity contribution in [2.24, 2.45) is 0 Å². The molecule has 1 unspecified atom stereocenters. The Kier molecular flexibility index (Phi) is 3.14. The quantitative estimate of drug-likeness (QED) is 0.709. The first kappa shape index (κ1) is 9.86. The molecule has 2 nitrogen and oxygen atoms in total. The molecule has 1 rings (SSSR count). The fraction of sp³-hybridized carbons (Fsp3) is 0.300. The van der Waals surface area contributed by atoms with Crippen molar-refractivity contribution in [2.75, 3.05) is 0 Å². The van der Waals surface area contributed by atoms with Crippen LogP contribution in [0.3, 0.4) is 0 Å². The molecule has 1 aromatic rings. The van der Waals surface area contributed by atoms with Gasteiger partial charge < -0.3 is 5.11 Å². The van der Waals surface area contributed by atoms with Crippen LogP contribution in [-0.2, 0) is 0 Å². The molecule has 0 aliphatic heterocycles. The van der Waals surface area contributed by atoms with E-state index >= 15 is 0 Å². The number of halogens is 1. The maximum Gasteiger partial charge on any atom is 0.147 e. The summed E-state index contributed by atoms with van der Waals surface area (Å²) in [6.45, 7) is 3.70. The maximum absolute atomic E-state index is 13.0. The van der Waals surface area contributed by atoms with Crippen molar-refractivity contribution in [3.8, 4) is 0 Å². The van der Waals surface area contributed by atoms with E-state index in [9.17, 15) is 9.50 Å². The van der Waals surface area contributed by atoms with Gasteiger partial charge in [0.15, 0.2) is 0 Å². The minimum absolute atomic E-state index is 0.260. The van der Waals surface area contributed by atoms with Gasteiger partial charge in [-0.1, -0.05) is 11.6 Å². The average molecular weight is 181 g/mol. The van der Waals surface area contributed by atoms with Crippen LogP contribution in [-0.4, -0.2) is 10.1 Å². The van der Waals surface area contributed by atoms with E-state index in [1.54, 1.807) is 6.08 Å². The van der Waals surface area contributed by atoms with Crippen LogP contribution >= 0.6 is 0 Å². The van der Waals surface area contributed by atoms with Gasteiger partial charge in [0.25, 0.3) is 0 Å². The number of aliphatic hydroxyl groups excluding tert-OH is 1. The molecule has 0 fully saturated rings. The molecule has 0 saturated carbocycles. The van der Waals surface area contributed by atoms with Crippen molar-refractivity contribution in [1.29, 1.82) is 0 Å². The first-order chi connectivity index (χ1) is 6.11. The lowest BCUT2D eigenvalue weighted by molar-refractivity contribution is 0.222. The number of allylic oxidation sites excluding steroid dienone is 1. The Morgan fingerprint density at radius 3 is 2.85 bits per heavy atom. The van der Waals surface area contributed by atoms with Gasteiger partial charge in [-0.3, -0.25) is 4.98 Å². The Bertz CT molecular complexity index is 318. The smallest absolute Gasteiger partial charge is 0.147 e. The summed E-state index contributed by atoms with van der Waals surface area (Å²) < 4.78 is 13.0. The molecule has 0 saturated heterocycles. The van der Waals surface area contributed by atoms with Gasteiger partial charge >= 0.3 is 0 Å². The Labute approximate surface area is 76.7 Å². The summed E-state index contributed by atoms with van der Waals surface area (Å²) in [5.41, 5.74) is 1.21. The number of pyridine rings is 1. The second-order valence-electron chi connectivity index (χ2n) is 3.09. The van der Waals surface area contributed by atoms with E-state index in [2.05, 4.69) is 4.98 Å². The Morgan fingerprint density at radius 2 is 2.31 bits per heavy atom. The largest absolute Gasteiger partial charge is 0.384 e. The van der Waals surface area contributed by atoms with Crippen LogP contribution in [0.2, 0.25) is 0 Å². The minimum Gasteiger partial charge on any atom is -0.384 e. The van der Waals surface area contributed by atoms with Crippen LogP contribution < -0.4 is 0 Å². The van der Waals surface area contributed by atoms with Crippen molar-refractivity contribution in [3.63, 3.8) is 0 Å². The molecule has 1 atom stereocenters. The van der Waals surface area contributed by atoms with E-state index in [0.29, 0.717) is 0 Å². The first-order valence-electron chi connectivity index (χ1n) is 4.03. The van der Waals surface area contributed by atoms with Gasteiger partial charge in [0.2, 0.25) is 0 Å². The highest BCUT2D eigenvalue weighted by atomic mass is 19.1. The van der Waals surface area contributed by atoms with Crippen LogP contribution in [0.15, 0.2) is 30.1 Å². The van der Waals surface area contributed by atoms with Crippen LogP contribution in [0.4, 0.5) is 4.39 Å². The fourth-order valence-electron chi connectivity index (χ4n) is 1.03. The third-order valence-corrected chi connectivity index (χ3v) is 1.61. The predicted molar refractivity (Wildman–Crippen MR) is 48.6 cm³/mol. The molecule has 0 bridgehead atoms. The summed E-state index contributed by atoms with van der Waals surface area (Å²) in [6, 6.07) is 1.47. The number of aliphatic hydroxyl groups is 1. The van der Waals surface area contributed by atoms with Crippen molar-refractivity contribution in [1.82, 2.24) is 4.98 Å². The molecule has 0 spiro atoms. The van der Waals surface area contributed by atoms with Crippen LogP contribution in [0.1, 0.15) is 25.5 Å². The predicted octanol–water partition coefficient (Wildman–Crippen LogP) is 2.22. The van der Waals surface area contributed by atoms with Crippen molar-refractivity contribution < 1.29 is 9.50 Å². The van der Waals surface area contributed by atoms with E-state index in [1.165, 1.54) is 12.3 Å². The van der Waals surface area contributed by atoms with Crippen LogP contribution in [0.5, 0.6) is 0 Å². The first-order valence-corrected chi connectivity index (χ1v) is 4.03. The number of rotatable bonds is 2. The third kappa shape index (κ3) is 2.63. The molecule has 0 amide bonds. The number of aromatic nitrogens is 1. The van der Waals surface area contributed by atoms with Gasteiger partial charge in [-0.05, 0) is 19.9 Å². The van der Waals surface area contributed by atoms with Crippen molar-refractivity contribution >= 4 is 0 Å². The average Bonchev–Trinajstić information content (AvgIpc) is 2.03. The lowest BCUT2D eigenvalue weighted by Gasteiger charge is -2.06. The number of nitrogens with zero attached hydrogens (tertiary/aromatic N) is 1. The lowest BCUT2D eigenvalue weighted by Crippen LogP contribution is -1.98. The fourth-order valence-corrected chi connectivity index (χ4v) is 1.03. The molecule has 0 aromatic carbocycles. The molecule has 70 valence electrons. The second-order valence-corrected chi connectivity index (χ2v) is 3.09. The van der Waals surface area contributed by atoms with Gasteiger partial charge in [0.05, 0.1) is 6.20 Å².